The minimum atomic E-state index is -0.288. The first kappa shape index (κ1) is 15.0. The van der Waals surface area contributed by atoms with Gasteiger partial charge in [0.15, 0.2) is 12.0 Å². The van der Waals surface area contributed by atoms with E-state index in [2.05, 4.69) is 25.4 Å². The Bertz CT molecular complexity index is 1050. The molecule has 0 aliphatic carbocycles. The topological polar surface area (TPSA) is 98.2 Å². The SMILES string of the molecule is Cc1cc(C)n2ncc(C(=O)Nc3ccc(-c4cocn4)nc3)c2n1. The Morgan fingerprint density at radius 1 is 1.16 bits per heavy atom. The molecule has 4 aromatic heterocycles. The number of fused-ring (bicyclic) bond motifs is 1. The van der Waals surface area contributed by atoms with E-state index in [1.165, 1.54) is 18.9 Å². The molecule has 0 saturated carbocycles. The van der Waals surface area contributed by atoms with Crippen LogP contribution in [0.1, 0.15) is 21.7 Å². The van der Waals surface area contributed by atoms with Gasteiger partial charge in [-0.05, 0) is 32.0 Å². The molecule has 0 aliphatic heterocycles. The van der Waals surface area contributed by atoms with Crippen molar-refractivity contribution in [2.75, 3.05) is 5.32 Å². The summed E-state index contributed by atoms with van der Waals surface area (Å²) in [5.74, 6) is -0.288. The largest absolute Gasteiger partial charge is 0.451 e. The fraction of sp³-hybridized carbons (Fsp3) is 0.118. The summed E-state index contributed by atoms with van der Waals surface area (Å²) in [6.07, 6.45) is 5.93. The van der Waals surface area contributed by atoms with Crippen molar-refractivity contribution in [3.8, 4) is 11.4 Å². The van der Waals surface area contributed by atoms with Gasteiger partial charge in [-0.2, -0.15) is 5.10 Å². The summed E-state index contributed by atoms with van der Waals surface area (Å²) in [7, 11) is 0. The van der Waals surface area contributed by atoms with Gasteiger partial charge in [0.05, 0.1) is 23.8 Å². The molecule has 8 heteroatoms. The van der Waals surface area contributed by atoms with Crippen LogP contribution < -0.4 is 5.32 Å². The zero-order valence-electron chi connectivity index (χ0n) is 13.6. The van der Waals surface area contributed by atoms with Crippen LogP contribution in [-0.4, -0.2) is 30.5 Å². The number of pyridine rings is 1. The smallest absolute Gasteiger partial charge is 0.261 e. The normalized spacial score (nSPS) is 11.0. The van der Waals surface area contributed by atoms with Gasteiger partial charge >= 0.3 is 0 Å². The second kappa shape index (κ2) is 5.82. The van der Waals surface area contributed by atoms with E-state index in [-0.39, 0.29) is 5.91 Å². The summed E-state index contributed by atoms with van der Waals surface area (Å²) in [5, 5.41) is 7.04. The number of anilines is 1. The molecule has 0 saturated heterocycles. The fourth-order valence-corrected chi connectivity index (χ4v) is 2.59. The summed E-state index contributed by atoms with van der Waals surface area (Å²) in [4.78, 5) is 25.3. The lowest BCUT2D eigenvalue weighted by molar-refractivity contribution is 0.102. The first-order valence-corrected chi connectivity index (χ1v) is 7.60. The van der Waals surface area contributed by atoms with E-state index < -0.39 is 0 Å². The van der Waals surface area contributed by atoms with Crippen LogP contribution >= 0.6 is 0 Å². The number of carbonyl (C=O) groups excluding carboxylic acids is 1. The van der Waals surface area contributed by atoms with Crippen molar-refractivity contribution in [2.24, 2.45) is 0 Å². The van der Waals surface area contributed by atoms with Crippen molar-refractivity contribution in [2.45, 2.75) is 13.8 Å². The van der Waals surface area contributed by atoms with Crippen molar-refractivity contribution >= 4 is 17.2 Å². The molecule has 4 aromatic rings. The number of rotatable bonds is 3. The number of hydrogen-bond acceptors (Lipinski definition) is 6. The van der Waals surface area contributed by atoms with Crippen LogP contribution in [0, 0.1) is 13.8 Å². The lowest BCUT2D eigenvalue weighted by Gasteiger charge is -2.05. The van der Waals surface area contributed by atoms with Gasteiger partial charge in [-0.3, -0.25) is 9.78 Å². The summed E-state index contributed by atoms with van der Waals surface area (Å²) < 4.78 is 6.58. The number of carbonyl (C=O) groups is 1. The third-order valence-electron chi connectivity index (χ3n) is 3.74. The summed E-state index contributed by atoms with van der Waals surface area (Å²) in [5.41, 5.74) is 4.56. The van der Waals surface area contributed by atoms with Gasteiger partial charge in [0, 0.05) is 11.4 Å². The molecule has 0 unspecified atom stereocenters. The lowest BCUT2D eigenvalue weighted by atomic mass is 10.2. The molecule has 1 N–H and O–H groups in total. The van der Waals surface area contributed by atoms with Gasteiger partial charge in [0.1, 0.15) is 17.5 Å². The number of amides is 1. The minimum absolute atomic E-state index is 0.288. The highest BCUT2D eigenvalue weighted by molar-refractivity contribution is 6.08. The molecule has 124 valence electrons. The van der Waals surface area contributed by atoms with E-state index in [0.717, 1.165) is 11.4 Å². The Kier molecular flexibility index (Phi) is 3.50. The molecule has 25 heavy (non-hydrogen) atoms. The maximum absolute atomic E-state index is 12.6. The van der Waals surface area contributed by atoms with Crippen LogP contribution in [0.15, 0.2) is 47.7 Å². The molecule has 0 spiro atoms. The van der Waals surface area contributed by atoms with Gasteiger partial charge in [-0.25, -0.2) is 14.5 Å². The highest BCUT2D eigenvalue weighted by Crippen LogP contribution is 2.18. The Hall–Kier alpha value is -3.55. The highest BCUT2D eigenvalue weighted by Gasteiger charge is 2.16. The third kappa shape index (κ3) is 2.74. The van der Waals surface area contributed by atoms with Crippen LogP contribution in [-0.2, 0) is 0 Å². The number of oxazole rings is 1. The lowest BCUT2D eigenvalue weighted by Crippen LogP contribution is -2.12. The van der Waals surface area contributed by atoms with Crippen LogP contribution in [0.2, 0.25) is 0 Å². The zero-order chi connectivity index (χ0) is 17.4. The highest BCUT2D eigenvalue weighted by atomic mass is 16.3. The predicted molar refractivity (Wildman–Crippen MR) is 90.1 cm³/mol. The Balaban J connectivity index is 1.60. The standard InChI is InChI=1S/C17H14N6O2/c1-10-5-11(2)23-16(21-10)13(7-20-23)17(24)22-12-3-4-14(18-6-12)15-8-25-9-19-15/h3-9H,1-2H3,(H,22,24). The minimum Gasteiger partial charge on any atom is -0.451 e. The number of nitrogens with one attached hydrogen (secondary N) is 1. The molecular formula is C17H14N6O2. The number of aromatic nitrogens is 5. The third-order valence-corrected chi connectivity index (χ3v) is 3.74. The summed E-state index contributed by atoms with van der Waals surface area (Å²) in [6, 6.07) is 5.43. The Morgan fingerprint density at radius 3 is 2.76 bits per heavy atom. The number of hydrogen-bond donors (Lipinski definition) is 1. The average Bonchev–Trinajstić information content (AvgIpc) is 3.25. The molecule has 0 radical (unpaired) electrons. The van der Waals surface area contributed by atoms with E-state index >= 15 is 0 Å². The van der Waals surface area contributed by atoms with E-state index in [9.17, 15) is 4.79 Å². The summed E-state index contributed by atoms with van der Waals surface area (Å²) >= 11 is 0. The van der Waals surface area contributed by atoms with Gasteiger partial charge < -0.3 is 9.73 Å². The second-order valence-corrected chi connectivity index (χ2v) is 5.59. The maximum atomic E-state index is 12.6. The maximum Gasteiger partial charge on any atom is 0.261 e. The molecule has 4 heterocycles. The second-order valence-electron chi connectivity index (χ2n) is 5.59. The first-order valence-electron chi connectivity index (χ1n) is 7.60. The van der Waals surface area contributed by atoms with Crippen molar-refractivity contribution in [1.82, 2.24) is 24.6 Å². The summed E-state index contributed by atoms with van der Waals surface area (Å²) in [6.45, 7) is 3.80. The number of aryl methyl sites for hydroxylation is 2. The molecule has 4 rings (SSSR count). The van der Waals surface area contributed by atoms with Crippen LogP contribution in [0.4, 0.5) is 5.69 Å². The van der Waals surface area contributed by atoms with Gasteiger partial charge in [-0.15, -0.1) is 0 Å². The molecule has 1 amide bonds. The molecule has 8 nitrogen and oxygen atoms in total. The molecule has 0 bridgehead atoms. The Labute approximate surface area is 142 Å². The van der Waals surface area contributed by atoms with Gasteiger partial charge in [0.25, 0.3) is 5.91 Å². The van der Waals surface area contributed by atoms with E-state index in [4.69, 9.17) is 4.42 Å². The fourth-order valence-electron chi connectivity index (χ4n) is 2.59. The van der Waals surface area contributed by atoms with Crippen molar-refractivity contribution < 1.29 is 9.21 Å². The predicted octanol–water partition coefficient (Wildman–Crippen LogP) is 2.65. The van der Waals surface area contributed by atoms with E-state index in [0.29, 0.717) is 28.3 Å². The van der Waals surface area contributed by atoms with Crippen molar-refractivity contribution in [3.63, 3.8) is 0 Å². The monoisotopic (exact) mass is 334 g/mol. The van der Waals surface area contributed by atoms with Gasteiger partial charge in [0.2, 0.25) is 0 Å². The van der Waals surface area contributed by atoms with Crippen LogP contribution in [0.25, 0.3) is 17.0 Å². The Morgan fingerprint density at radius 2 is 2.04 bits per heavy atom. The van der Waals surface area contributed by atoms with Crippen molar-refractivity contribution in [1.29, 1.82) is 0 Å². The molecule has 0 aromatic carbocycles. The van der Waals surface area contributed by atoms with E-state index in [1.807, 2.05) is 19.9 Å². The van der Waals surface area contributed by atoms with Gasteiger partial charge in [-0.1, -0.05) is 0 Å². The molecule has 0 atom stereocenters. The molecule has 0 aliphatic rings. The first-order chi connectivity index (χ1) is 12.1. The average molecular weight is 334 g/mol. The van der Waals surface area contributed by atoms with Crippen LogP contribution in [0.5, 0.6) is 0 Å². The van der Waals surface area contributed by atoms with E-state index in [1.54, 1.807) is 22.8 Å². The molecule has 0 fully saturated rings. The number of nitrogens with zero attached hydrogens (tertiary/aromatic N) is 5. The molecular weight excluding hydrogens is 320 g/mol. The van der Waals surface area contributed by atoms with Crippen LogP contribution in [0.3, 0.4) is 0 Å². The quantitative estimate of drug-likeness (QED) is 0.618. The van der Waals surface area contributed by atoms with Crippen molar-refractivity contribution in [3.05, 3.63) is 60.2 Å². The zero-order valence-corrected chi connectivity index (χ0v) is 13.6.